The zero-order chi connectivity index (χ0) is 18.4. The van der Waals surface area contributed by atoms with Crippen LogP contribution in [0.3, 0.4) is 0 Å². The van der Waals surface area contributed by atoms with Crippen LogP contribution in [-0.2, 0) is 0 Å². The Morgan fingerprint density at radius 2 is 1.65 bits per heavy atom. The number of hydrogen-bond acceptors (Lipinski definition) is 0. The summed E-state index contributed by atoms with van der Waals surface area (Å²) in [6.45, 7) is 8.93. The van der Waals surface area contributed by atoms with Crippen molar-refractivity contribution in [3.63, 3.8) is 0 Å². The first kappa shape index (κ1) is 19.2. The molecule has 0 N–H and O–H groups in total. The highest BCUT2D eigenvalue weighted by Crippen LogP contribution is 2.49. The largest absolute Gasteiger partial charge is 0.0989 e. The minimum absolute atomic E-state index is 0.0830. The van der Waals surface area contributed by atoms with Crippen LogP contribution in [0.1, 0.15) is 76.7 Å². The van der Waals surface area contributed by atoms with E-state index >= 15 is 0 Å². The fraction of sp³-hybridized carbons (Fsp3) is 0.538. The Kier molecular flexibility index (Phi) is 6.57. The molecular formula is C26H36. The van der Waals surface area contributed by atoms with E-state index in [1.54, 1.807) is 0 Å². The first-order valence-electron chi connectivity index (χ1n) is 10.8. The Labute approximate surface area is 161 Å². The van der Waals surface area contributed by atoms with Gasteiger partial charge in [-0.1, -0.05) is 112 Å². The zero-order valence-electron chi connectivity index (χ0n) is 16.8. The molecular weight excluding hydrogens is 312 g/mol. The van der Waals surface area contributed by atoms with E-state index in [2.05, 4.69) is 75.1 Å². The number of rotatable bonds is 7. The molecule has 0 nitrogen and oxygen atoms in total. The summed E-state index contributed by atoms with van der Waals surface area (Å²) in [5.41, 5.74) is 2.78. The Morgan fingerprint density at radius 3 is 2.23 bits per heavy atom. The highest BCUT2D eigenvalue weighted by molar-refractivity contribution is 5.39. The zero-order valence-corrected chi connectivity index (χ0v) is 16.8. The van der Waals surface area contributed by atoms with Gasteiger partial charge in [0.25, 0.3) is 0 Å². The monoisotopic (exact) mass is 348 g/mol. The van der Waals surface area contributed by atoms with E-state index in [4.69, 9.17) is 0 Å². The van der Waals surface area contributed by atoms with Gasteiger partial charge in [-0.2, -0.15) is 0 Å². The topological polar surface area (TPSA) is 0 Å². The van der Waals surface area contributed by atoms with E-state index in [9.17, 15) is 0 Å². The van der Waals surface area contributed by atoms with Crippen molar-refractivity contribution in [3.05, 3.63) is 72.4 Å². The van der Waals surface area contributed by atoms with E-state index in [-0.39, 0.29) is 5.41 Å². The van der Waals surface area contributed by atoms with E-state index in [1.165, 1.54) is 62.5 Å². The van der Waals surface area contributed by atoms with Crippen LogP contribution in [0, 0.1) is 17.3 Å². The molecule has 2 aliphatic rings. The van der Waals surface area contributed by atoms with Crippen molar-refractivity contribution in [2.75, 3.05) is 0 Å². The lowest BCUT2D eigenvalue weighted by molar-refractivity contribution is 0.196. The van der Waals surface area contributed by atoms with Crippen LogP contribution in [0.2, 0.25) is 0 Å². The second-order valence-corrected chi connectivity index (χ2v) is 8.58. The molecule has 0 radical (unpaired) electrons. The summed E-state index contributed by atoms with van der Waals surface area (Å²) in [6, 6.07) is 10.8. The van der Waals surface area contributed by atoms with Gasteiger partial charge >= 0.3 is 0 Å². The van der Waals surface area contributed by atoms with Gasteiger partial charge < -0.3 is 0 Å². The molecule has 1 aromatic carbocycles. The third-order valence-corrected chi connectivity index (χ3v) is 6.82. The van der Waals surface area contributed by atoms with Gasteiger partial charge in [-0.15, -0.1) is 0 Å². The summed E-state index contributed by atoms with van der Waals surface area (Å²) in [5.74, 6) is 2.11. The molecule has 0 spiro atoms. The van der Waals surface area contributed by atoms with Gasteiger partial charge in [0, 0.05) is 11.3 Å². The minimum Gasteiger partial charge on any atom is -0.0989 e. The van der Waals surface area contributed by atoms with Gasteiger partial charge in [0.15, 0.2) is 0 Å². The Hall–Kier alpha value is -1.56. The first-order valence-corrected chi connectivity index (χ1v) is 10.8. The predicted octanol–water partition coefficient (Wildman–Crippen LogP) is 7.85. The molecule has 0 atom stereocenters. The van der Waals surface area contributed by atoms with Crippen LogP contribution in [0.25, 0.3) is 0 Å². The average Bonchev–Trinajstić information content (AvgIpc) is 2.69. The molecule has 26 heavy (non-hydrogen) atoms. The molecule has 0 heterocycles. The molecule has 1 aromatic rings. The predicted molar refractivity (Wildman–Crippen MR) is 114 cm³/mol. The number of allylic oxidation sites excluding steroid dienone is 5. The van der Waals surface area contributed by atoms with Gasteiger partial charge in [-0.05, 0) is 37.2 Å². The summed E-state index contributed by atoms with van der Waals surface area (Å²) in [6.07, 6.45) is 20.9. The van der Waals surface area contributed by atoms with Gasteiger partial charge in [0.2, 0.25) is 0 Å². The highest BCUT2D eigenvalue weighted by Gasteiger charge is 2.38. The fourth-order valence-electron chi connectivity index (χ4n) is 5.06. The van der Waals surface area contributed by atoms with Crippen LogP contribution in [0.5, 0.6) is 0 Å². The van der Waals surface area contributed by atoms with Crippen molar-refractivity contribution in [3.8, 4) is 0 Å². The standard InChI is InChI=1S/C26H36/c1-4-5-7-10-22-13-15-25(16-14-22)26(21(2)3)19-17-24(18-20-26)23-11-8-6-9-12-23/h6,8-9,11-12,17-20,22,24-25H,2,4-5,7,10,13-16H2,1,3H3/t22-,24?,25-,26?. The van der Waals surface area contributed by atoms with Gasteiger partial charge in [-0.3, -0.25) is 0 Å². The van der Waals surface area contributed by atoms with Crippen molar-refractivity contribution < 1.29 is 0 Å². The van der Waals surface area contributed by atoms with E-state index in [0.717, 1.165) is 11.8 Å². The molecule has 0 aliphatic heterocycles. The van der Waals surface area contributed by atoms with E-state index in [1.807, 2.05) is 0 Å². The van der Waals surface area contributed by atoms with Gasteiger partial charge in [0.05, 0.1) is 0 Å². The van der Waals surface area contributed by atoms with Gasteiger partial charge in [0.1, 0.15) is 0 Å². The molecule has 3 rings (SSSR count). The van der Waals surface area contributed by atoms with Gasteiger partial charge in [-0.25, -0.2) is 0 Å². The molecule has 2 aliphatic carbocycles. The molecule has 0 heteroatoms. The molecule has 0 bridgehead atoms. The number of benzene rings is 1. The molecule has 0 aromatic heterocycles. The van der Waals surface area contributed by atoms with Crippen LogP contribution >= 0.6 is 0 Å². The van der Waals surface area contributed by atoms with Crippen molar-refractivity contribution >= 4 is 0 Å². The number of hydrogen-bond donors (Lipinski definition) is 0. The molecule has 1 saturated carbocycles. The van der Waals surface area contributed by atoms with Crippen LogP contribution in [-0.4, -0.2) is 0 Å². The summed E-state index contributed by atoms with van der Waals surface area (Å²) >= 11 is 0. The second-order valence-electron chi connectivity index (χ2n) is 8.58. The first-order chi connectivity index (χ1) is 12.7. The maximum atomic E-state index is 4.40. The van der Waals surface area contributed by atoms with E-state index in [0.29, 0.717) is 5.92 Å². The average molecular weight is 349 g/mol. The highest BCUT2D eigenvalue weighted by atomic mass is 14.4. The minimum atomic E-state index is 0.0830. The number of unbranched alkanes of at least 4 members (excludes halogenated alkanes) is 2. The van der Waals surface area contributed by atoms with Crippen LogP contribution in [0.4, 0.5) is 0 Å². The normalized spacial score (nSPS) is 31.1. The summed E-state index contributed by atoms with van der Waals surface area (Å²) in [5, 5.41) is 0. The maximum absolute atomic E-state index is 4.40. The van der Waals surface area contributed by atoms with Crippen molar-refractivity contribution in [1.29, 1.82) is 0 Å². The Balaban J connectivity index is 1.65. The van der Waals surface area contributed by atoms with Crippen LogP contribution in [0.15, 0.2) is 66.8 Å². The van der Waals surface area contributed by atoms with Crippen molar-refractivity contribution in [2.24, 2.45) is 17.3 Å². The molecule has 1 fully saturated rings. The summed E-state index contributed by atoms with van der Waals surface area (Å²) in [4.78, 5) is 0. The fourth-order valence-corrected chi connectivity index (χ4v) is 5.06. The molecule has 0 saturated heterocycles. The van der Waals surface area contributed by atoms with Crippen LogP contribution < -0.4 is 0 Å². The van der Waals surface area contributed by atoms with E-state index < -0.39 is 0 Å². The molecule has 0 unspecified atom stereocenters. The maximum Gasteiger partial charge on any atom is 0.0295 e. The quantitative estimate of drug-likeness (QED) is 0.347. The lowest BCUT2D eigenvalue weighted by Gasteiger charge is -2.43. The third kappa shape index (κ3) is 4.22. The van der Waals surface area contributed by atoms with Crippen molar-refractivity contribution in [2.45, 2.75) is 71.1 Å². The van der Waals surface area contributed by atoms with Crippen molar-refractivity contribution in [1.82, 2.24) is 0 Å². The lowest BCUT2D eigenvalue weighted by atomic mass is 9.61. The third-order valence-electron chi connectivity index (χ3n) is 6.82. The summed E-state index contributed by atoms with van der Waals surface area (Å²) in [7, 11) is 0. The lowest BCUT2D eigenvalue weighted by Crippen LogP contribution is -2.32. The Bertz CT molecular complexity index is 611. The SMILES string of the molecule is C=C(C)C1([C@H]2CC[C@H](CCCCC)CC2)C=CC(c2ccccc2)C=C1. The summed E-state index contributed by atoms with van der Waals surface area (Å²) < 4.78 is 0. The smallest absolute Gasteiger partial charge is 0.0295 e. The molecule has 0 amide bonds. The Morgan fingerprint density at radius 1 is 1.00 bits per heavy atom. The molecule has 140 valence electrons. The second kappa shape index (κ2) is 8.89.